The molecule has 0 aromatic carbocycles. The number of hydrogen-bond acceptors (Lipinski definition) is 2. The van der Waals surface area contributed by atoms with Gasteiger partial charge in [0, 0.05) is 6.54 Å². The number of rotatable bonds is 1. The van der Waals surface area contributed by atoms with Crippen LogP contribution in [0.3, 0.4) is 0 Å². The standard InChI is InChI=1S/C12H17NO/c13-3-12(14)10-5-2-6-8-4(5)1-7(10)9(8)11(6)12/h4-11,14H,1-3,13H2/t4-,5+,6+,7-,8-,9+,10+,11-,12-/m0/s1. The van der Waals surface area contributed by atoms with Crippen LogP contribution < -0.4 is 5.73 Å². The van der Waals surface area contributed by atoms with E-state index in [0.29, 0.717) is 18.4 Å². The van der Waals surface area contributed by atoms with Crippen molar-refractivity contribution in [3.8, 4) is 0 Å². The normalized spacial score (nSPS) is 80.1. The van der Waals surface area contributed by atoms with Gasteiger partial charge in [-0.3, -0.25) is 0 Å². The molecule has 0 radical (unpaired) electrons. The van der Waals surface area contributed by atoms with Crippen molar-refractivity contribution in [2.24, 2.45) is 53.1 Å². The molecule has 5 saturated carbocycles. The maximum Gasteiger partial charge on any atom is 0.0836 e. The summed E-state index contributed by atoms with van der Waals surface area (Å²) in [6.45, 7) is 0.530. The maximum absolute atomic E-state index is 10.7. The number of aliphatic hydroxyl groups is 1. The molecule has 5 aliphatic rings. The molecule has 0 unspecified atom stereocenters. The van der Waals surface area contributed by atoms with Crippen LogP contribution in [-0.4, -0.2) is 17.3 Å². The monoisotopic (exact) mass is 191 g/mol. The van der Waals surface area contributed by atoms with Crippen molar-refractivity contribution in [1.82, 2.24) is 0 Å². The minimum Gasteiger partial charge on any atom is -0.388 e. The predicted octanol–water partition coefficient (Wildman–Crippen LogP) is 0.454. The van der Waals surface area contributed by atoms with Crippen LogP contribution in [0.25, 0.3) is 0 Å². The summed E-state index contributed by atoms with van der Waals surface area (Å²) in [4.78, 5) is 0. The molecule has 0 heterocycles. The number of fused-ring (bicyclic) bond motifs is 2. The van der Waals surface area contributed by atoms with Gasteiger partial charge in [0.15, 0.2) is 0 Å². The lowest BCUT2D eigenvalue weighted by molar-refractivity contribution is -0.123. The summed E-state index contributed by atoms with van der Waals surface area (Å²) >= 11 is 0. The summed E-state index contributed by atoms with van der Waals surface area (Å²) < 4.78 is 0. The number of nitrogens with two attached hydrogens (primary N) is 1. The molecule has 76 valence electrons. The second kappa shape index (κ2) is 1.69. The van der Waals surface area contributed by atoms with Crippen molar-refractivity contribution >= 4 is 0 Å². The van der Waals surface area contributed by atoms with Gasteiger partial charge >= 0.3 is 0 Å². The Balaban J connectivity index is 1.79. The third kappa shape index (κ3) is 0.409. The fourth-order valence-corrected chi connectivity index (χ4v) is 7.00. The fraction of sp³-hybridized carbons (Fsp3) is 1.00. The molecule has 2 nitrogen and oxygen atoms in total. The first-order valence-electron chi connectivity index (χ1n) is 6.20. The van der Waals surface area contributed by atoms with Crippen LogP contribution in [0.15, 0.2) is 0 Å². The van der Waals surface area contributed by atoms with Gasteiger partial charge in [-0.15, -0.1) is 0 Å². The lowest BCUT2D eigenvalue weighted by Gasteiger charge is -2.51. The summed E-state index contributed by atoms with van der Waals surface area (Å²) in [5.41, 5.74) is 5.43. The molecular weight excluding hydrogens is 174 g/mol. The molecule has 9 atom stereocenters. The van der Waals surface area contributed by atoms with Gasteiger partial charge in [0.2, 0.25) is 0 Å². The number of hydrogen-bond donors (Lipinski definition) is 2. The highest BCUT2D eigenvalue weighted by Crippen LogP contribution is 2.85. The molecular formula is C12H17NO. The van der Waals surface area contributed by atoms with Gasteiger partial charge in [0.25, 0.3) is 0 Å². The second-order valence-electron chi connectivity index (χ2n) is 6.53. The van der Waals surface area contributed by atoms with E-state index >= 15 is 0 Å². The third-order valence-electron chi connectivity index (χ3n) is 6.85. The first kappa shape index (κ1) is 7.24. The Morgan fingerprint density at radius 2 is 1.71 bits per heavy atom. The van der Waals surface area contributed by atoms with E-state index in [4.69, 9.17) is 5.73 Å². The van der Waals surface area contributed by atoms with Crippen molar-refractivity contribution in [2.45, 2.75) is 18.4 Å². The van der Waals surface area contributed by atoms with Crippen LogP contribution in [-0.2, 0) is 0 Å². The van der Waals surface area contributed by atoms with E-state index < -0.39 is 5.60 Å². The Hall–Kier alpha value is -0.0800. The van der Waals surface area contributed by atoms with Gasteiger partial charge in [-0.05, 0) is 60.2 Å². The third-order valence-corrected chi connectivity index (χ3v) is 6.85. The predicted molar refractivity (Wildman–Crippen MR) is 51.2 cm³/mol. The van der Waals surface area contributed by atoms with Crippen LogP contribution in [0.2, 0.25) is 0 Å². The van der Waals surface area contributed by atoms with Gasteiger partial charge in [0.05, 0.1) is 5.60 Å². The molecule has 2 heteroatoms. The van der Waals surface area contributed by atoms with Crippen molar-refractivity contribution in [3.05, 3.63) is 0 Å². The average Bonchev–Trinajstić information content (AvgIpc) is 2.63. The topological polar surface area (TPSA) is 46.2 Å². The molecule has 0 saturated heterocycles. The summed E-state index contributed by atoms with van der Waals surface area (Å²) in [6.07, 6.45) is 2.89. The van der Waals surface area contributed by atoms with E-state index in [1.165, 1.54) is 12.8 Å². The maximum atomic E-state index is 10.7. The van der Waals surface area contributed by atoms with E-state index in [1.807, 2.05) is 0 Å². The Morgan fingerprint density at radius 1 is 1.00 bits per heavy atom. The molecule has 3 N–H and O–H groups in total. The molecule has 14 heavy (non-hydrogen) atoms. The largest absolute Gasteiger partial charge is 0.388 e. The van der Waals surface area contributed by atoms with Crippen molar-refractivity contribution in [3.63, 3.8) is 0 Å². The quantitative estimate of drug-likeness (QED) is 0.632. The van der Waals surface area contributed by atoms with Gasteiger partial charge in [-0.2, -0.15) is 0 Å². The smallest absolute Gasteiger partial charge is 0.0836 e. The Morgan fingerprint density at radius 3 is 2.50 bits per heavy atom. The van der Waals surface area contributed by atoms with Crippen LogP contribution in [0.1, 0.15) is 12.8 Å². The van der Waals surface area contributed by atoms with Crippen LogP contribution in [0.4, 0.5) is 0 Å². The van der Waals surface area contributed by atoms with Crippen LogP contribution in [0, 0.1) is 47.3 Å². The summed E-state index contributed by atoms with van der Waals surface area (Å²) in [7, 11) is 0. The zero-order valence-electron chi connectivity index (χ0n) is 8.26. The second-order valence-corrected chi connectivity index (χ2v) is 6.53. The molecule has 5 rings (SSSR count). The zero-order chi connectivity index (χ0) is 9.24. The molecule has 5 fully saturated rings. The highest BCUT2D eigenvalue weighted by atomic mass is 16.3. The van der Waals surface area contributed by atoms with E-state index in [0.717, 1.165) is 35.5 Å². The highest BCUT2D eigenvalue weighted by Gasteiger charge is 2.84. The molecule has 0 aliphatic heterocycles. The van der Waals surface area contributed by atoms with E-state index in [2.05, 4.69) is 0 Å². The van der Waals surface area contributed by atoms with Crippen molar-refractivity contribution in [1.29, 1.82) is 0 Å². The summed E-state index contributed by atoms with van der Waals surface area (Å²) in [5, 5.41) is 10.7. The minimum atomic E-state index is -0.426. The Bertz CT molecular complexity index is 337. The van der Waals surface area contributed by atoms with Gasteiger partial charge < -0.3 is 10.8 Å². The van der Waals surface area contributed by atoms with Gasteiger partial charge in [0.1, 0.15) is 0 Å². The molecule has 0 amide bonds. The zero-order valence-corrected chi connectivity index (χ0v) is 8.26. The first-order chi connectivity index (χ1) is 6.77. The minimum absolute atomic E-state index is 0.426. The summed E-state index contributed by atoms with van der Waals surface area (Å²) in [5.74, 6) is 6.82. The molecule has 0 aromatic rings. The SMILES string of the molecule is NC[C@]1(O)[C@@H]2[C@@H]3C[C@@H]4[C@@H]5[C@H]3C[C@H]2[C@H]5[C@H]41. The van der Waals surface area contributed by atoms with Crippen molar-refractivity contribution < 1.29 is 5.11 Å². The highest BCUT2D eigenvalue weighted by molar-refractivity contribution is 5.32. The van der Waals surface area contributed by atoms with Gasteiger partial charge in [-0.1, -0.05) is 0 Å². The first-order valence-corrected chi connectivity index (χ1v) is 6.20. The lowest BCUT2D eigenvalue weighted by Crippen LogP contribution is -2.57. The fourth-order valence-electron chi connectivity index (χ4n) is 7.00. The molecule has 0 spiro atoms. The van der Waals surface area contributed by atoms with E-state index in [1.54, 1.807) is 0 Å². The molecule has 5 aliphatic carbocycles. The average molecular weight is 191 g/mol. The van der Waals surface area contributed by atoms with E-state index in [-0.39, 0.29) is 0 Å². The van der Waals surface area contributed by atoms with Crippen molar-refractivity contribution in [2.75, 3.05) is 6.54 Å². The van der Waals surface area contributed by atoms with Crippen LogP contribution in [0.5, 0.6) is 0 Å². The van der Waals surface area contributed by atoms with E-state index in [9.17, 15) is 5.11 Å². The lowest BCUT2D eigenvalue weighted by atomic mass is 9.56. The molecule has 2 bridgehead atoms. The van der Waals surface area contributed by atoms with Crippen LogP contribution >= 0.6 is 0 Å². The Labute approximate surface area is 83.9 Å². The van der Waals surface area contributed by atoms with Gasteiger partial charge in [-0.25, -0.2) is 0 Å². The Kier molecular flexibility index (Phi) is 0.875. The molecule has 0 aromatic heterocycles. The summed E-state index contributed by atoms with van der Waals surface area (Å²) in [6, 6.07) is 0.